The minimum absolute atomic E-state index is 0.144. The van der Waals surface area contributed by atoms with E-state index in [9.17, 15) is 4.79 Å². The summed E-state index contributed by atoms with van der Waals surface area (Å²) in [6.07, 6.45) is 2.39. The number of benzene rings is 1. The van der Waals surface area contributed by atoms with Crippen LogP contribution in [-0.4, -0.2) is 24.7 Å². The smallest absolute Gasteiger partial charge is 0.258 e. The molecular weight excluding hydrogens is 458 g/mol. The molecule has 2 heterocycles. The Balaban J connectivity index is 1.62. The molecular formula is C15H13Br2N5OS. The van der Waals surface area contributed by atoms with E-state index in [1.54, 1.807) is 6.07 Å². The maximum absolute atomic E-state index is 12.3. The third-order valence-electron chi connectivity index (χ3n) is 3.93. The van der Waals surface area contributed by atoms with Crippen LogP contribution in [0.4, 0.5) is 0 Å². The molecule has 2 aromatic heterocycles. The van der Waals surface area contributed by atoms with Gasteiger partial charge in [0.15, 0.2) is 5.16 Å². The normalized spacial score (nSPS) is 14.5. The van der Waals surface area contributed by atoms with Crippen molar-refractivity contribution < 1.29 is 0 Å². The predicted molar refractivity (Wildman–Crippen MR) is 100 cm³/mol. The van der Waals surface area contributed by atoms with E-state index in [0.717, 1.165) is 19.9 Å². The lowest BCUT2D eigenvalue weighted by atomic mass is 10.2. The quantitative estimate of drug-likeness (QED) is 0.587. The second kappa shape index (κ2) is 6.27. The summed E-state index contributed by atoms with van der Waals surface area (Å²) in [4.78, 5) is 19.7. The lowest BCUT2D eigenvalue weighted by Crippen LogP contribution is -2.11. The Morgan fingerprint density at radius 1 is 1.33 bits per heavy atom. The number of nitrogens with zero attached hydrogens (tertiary/aromatic N) is 4. The van der Waals surface area contributed by atoms with Gasteiger partial charge in [-0.1, -0.05) is 27.7 Å². The number of nitrogens with one attached hydrogen (secondary N) is 1. The molecule has 1 aliphatic rings. The summed E-state index contributed by atoms with van der Waals surface area (Å²) < 4.78 is 3.66. The van der Waals surface area contributed by atoms with Gasteiger partial charge in [0.25, 0.3) is 5.56 Å². The van der Waals surface area contributed by atoms with Crippen LogP contribution >= 0.6 is 43.6 Å². The van der Waals surface area contributed by atoms with Gasteiger partial charge in [-0.05, 0) is 40.9 Å². The monoisotopic (exact) mass is 469 g/mol. The Kier molecular flexibility index (Phi) is 4.26. The maximum atomic E-state index is 12.3. The summed E-state index contributed by atoms with van der Waals surface area (Å²) in [6, 6.07) is 3.66. The van der Waals surface area contributed by atoms with Gasteiger partial charge in [0.05, 0.1) is 16.7 Å². The van der Waals surface area contributed by atoms with Crippen molar-refractivity contribution in [3.63, 3.8) is 0 Å². The standard InChI is InChI=1S/C15H13Br2N5OS/c1-22-13(7-2-3-7)20-21-15(22)24-6-11-18-12-9(14(23)19-11)4-8(16)5-10(12)17/h4-5,7H,2-3,6H2,1H3,(H,18,19,23). The first-order chi connectivity index (χ1) is 11.5. The highest BCUT2D eigenvalue weighted by Crippen LogP contribution is 2.39. The van der Waals surface area contributed by atoms with Crippen molar-refractivity contribution in [2.75, 3.05) is 0 Å². The topological polar surface area (TPSA) is 76.5 Å². The van der Waals surface area contributed by atoms with E-state index < -0.39 is 0 Å². The predicted octanol–water partition coefficient (Wildman–Crippen LogP) is 3.75. The molecule has 6 nitrogen and oxygen atoms in total. The summed E-state index contributed by atoms with van der Waals surface area (Å²) in [5.74, 6) is 2.76. The van der Waals surface area contributed by atoms with Crippen LogP contribution in [0.1, 0.15) is 30.4 Å². The molecule has 0 atom stereocenters. The van der Waals surface area contributed by atoms with Gasteiger partial charge in [-0.15, -0.1) is 10.2 Å². The zero-order valence-electron chi connectivity index (χ0n) is 12.7. The van der Waals surface area contributed by atoms with Crippen molar-refractivity contribution >= 4 is 54.5 Å². The van der Waals surface area contributed by atoms with E-state index in [0.29, 0.717) is 28.4 Å². The number of aromatic nitrogens is 5. The van der Waals surface area contributed by atoms with Crippen molar-refractivity contribution in [1.82, 2.24) is 24.7 Å². The first kappa shape index (κ1) is 16.3. The molecule has 1 fully saturated rings. The molecule has 0 amide bonds. The summed E-state index contributed by atoms with van der Waals surface area (Å²) in [7, 11) is 1.99. The number of hydrogen-bond donors (Lipinski definition) is 1. The molecule has 3 aromatic rings. The Morgan fingerprint density at radius 3 is 2.88 bits per heavy atom. The SMILES string of the molecule is Cn1c(SCc2nc3c(Br)cc(Br)cc3c(=O)[nH]2)nnc1C1CC1. The molecule has 1 saturated carbocycles. The summed E-state index contributed by atoms with van der Waals surface area (Å²) in [5, 5.41) is 9.91. The summed E-state index contributed by atoms with van der Waals surface area (Å²) >= 11 is 8.39. The molecule has 0 unspecified atom stereocenters. The zero-order chi connectivity index (χ0) is 16.8. The van der Waals surface area contributed by atoms with Crippen LogP contribution in [0.15, 0.2) is 31.0 Å². The van der Waals surface area contributed by atoms with E-state index in [1.807, 2.05) is 17.7 Å². The highest BCUT2D eigenvalue weighted by atomic mass is 79.9. The van der Waals surface area contributed by atoms with Crippen LogP contribution in [0.3, 0.4) is 0 Å². The molecule has 0 spiro atoms. The number of halogens is 2. The highest BCUT2D eigenvalue weighted by molar-refractivity contribution is 9.11. The van der Waals surface area contributed by atoms with Gasteiger partial charge in [0, 0.05) is 21.9 Å². The van der Waals surface area contributed by atoms with Gasteiger partial charge in [0.1, 0.15) is 11.6 Å². The Labute approximate surface area is 158 Å². The highest BCUT2D eigenvalue weighted by Gasteiger charge is 2.29. The fourth-order valence-electron chi connectivity index (χ4n) is 2.56. The van der Waals surface area contributed by atoms with Crippen molar-refractivity contribution in [3.05, 3.63) is 43.1 Å². The molecule has 4 rings (SSSR count). The minimum atomic E-state index is -0.144. The van der Waals surface area contributed by atoms with Crippen LogP contribution in [0, 0.1) is 0 Å². The fourth-order valence-corrected chi connectivity index (χ4v) is 4.67. The Morgan fingerprint density at radius 2 is 2.12 bits per heavy atom. The molecule has 124 valence electrons. The first-order valence-corrected chi connectivity index (χ1v) is 10.00. The van der Waals surface area contributed by atoms with E-state index >= 15 is 0 Å². The van der Waals surface area contributed by atoms with E-state index in [2.05, 4.69) is 52.0 Å². The molecule has 0 saturated heterocycles. The Hall–Kier alpha value is -1.19. The van der Waals surface area contributed by atoms with Crippen molar-refractivity contribution in [3.8, 4) is 0 Å². The molecule has 24 heavy (non-hydrogen) atoms. The first-order valence-electron chi connectivity index (χ1n) is 7.43. The van der Waals surface area contributed by atoms with Crippen LogP contribution in [-0.2, 0) is 12.8 Å². The Bertz CT molecular complexity index is 995. The lowest BCUT2D eigenvalue weighted by Gasteiger charge is -2.05. The van der Waals surface area contributed by atoms with Gasteiger partial charge in [-0.2, -0.15) is 0 Å². The van der Waals surface area contributed by atoms with Gasteiger partial charge >= 0.3 is 0 Å². The molecule has 1 aromatic carbocycles. The second-order valence-electron chi connectivity index (χ2n) is 5.76. The van der Waals surface area contributed by atoms with Crippen LogP contribution in [0.2, 0.25) is 0 Å². The largest absolute Gasteiger partial charge is 0.309 e. The molecule has 1 aliphatic carbocycles. The third-order valence-corrected chi connectivity index (χ3v) is 6.02. The van der Waals surface area contributed by atoms with Gasteiger partial charge in [-0.25, -0.2) is 4.98 Å². The molecule has 0 bridgehead atoms. The molecule has 1 N–H and O–H groups in total. The number of hydrogen-bond acceptors (Lipinski definition) is 5. The number of aromatic amines is 1. The number of fused-ring (bicyclic) bond motifs is 1. The average Bonchev–Trinajstić information content (AvgIpc) is 3.30. The van der Waals surface area contributed by atoms with Crippen molar-refractivity contribution in [2.45, 2.75) is 29.7 Å². The van der Waals surface area contributed by atoms with E-state index in [-0.39, 0.29) is 5.56 Å². The van der Waals surface area contributed by atoms with E-state index in [1.165, 1.54) is 24.6 Å². The van der Waals surface area contributed by atoms with Gasteiger partial charge < -0.3 is 9.55 Å². The second-order valence-corrected chi connectivity index (χ2v) is 8.47. The molecule has 0 aliphatic heterocycles. The van der Waals surface area contributed by atoms with Crippen LogP contribution < -0.4 is 5.56 Å². The lowest BCUT2D eigenvalue weighted by molar-refractivity contribution is 0.736. The molecule has 9 heteroatoms. The summed E-state index contributed by atoms with van der Waals surface area (Å²) in [6.45, 7) is 0. The van der Waals surface area contributed by atoms with Crippen molar-refractivity contribution in [2.24, 2.45) is 7.05 Å². The third kappa shape index (κ3) is 3.04. The average molecular weight is 471 g/mol. The minimum Gasteiger partial charge on any atom is -0.309 e. The van der Waals surface area contributed by atoms with Crippen molar-refractivity contribution in [1.29, 1.82) is 0 Å². The number of H-pyrrole nitrogens is 1. The number of rotatable bonds is 4. The zero-order valence-corrected chi connectivity index (χ0v) is 16.7. The van der Waals surface area contributed by atoms with E-state index in [4.69, 9.17) is 0 Å². The maximum Gasteiger partial charge on any atom is 0.258 e. The van der Waals surface area contributed by atoms with Gasteiger partial charge in [-0.3, -0.25) is 4.79 Å². The summed E-state index contributed by atoms with van der Waals surface area (Å²) in [5.41, 5.74) is 0.517. The van der Waals surface area contributed by atoms with Crippen LogP contribution in [0.5, 0.6) is 0 Å². The van der Waals surface area contributed by atoms with Crippen LogP contribution in [0.25, 0.3) is 10.9 Å². The van der Waals surface area contributed by atoms with Gasteiger partial charge in [0.2, 0.25) is 0 Å². The fraction of sp³-hybridized carbons (Fsp3) is 0.333. The molecule has 0 radical (unpaired) electrons. The number of thioether (sulfide) groups is 1.